The molecule has 0 unspecified atom stereocenters. The van der Waals surface area contributed by atoms with Crippen molar-refractivity contribution in [2.45, 2.75) is 78.2 Å². The fraction of sp³-hybridized carbons (Fsp3) is 0.909. The summed E-state index contributed by atoms with van der Waals surface area (Å²) in [5.74, 6) is 1.26. The number of ketones is 2. The van der Waals surface area contributed by atoms with Gasteiger partial charge in [-0.05, 0) is 73.5 Å². The van der Waals surface area contributed by atoms with Gasteiger partial charge in [-0.2, -0.15) is 0 Å². The van der Waals surface area contributed by atoms with Gasteiger partial charge in [0.2, 0.25) is 0 Å². The van der Waals surface area contributed by atoms with E-state index in [1.165, 1.54) is 0 Å². The molecule has 26 heavy (non-hydrogen) atoms. The van der Waals surface area contributed by atoms with Gasteiger partial charge in [0.1, 0.15) is 12.4 Å². The molecule has 0 saturated heterocycles. The number of aliphatic hydroxyl groups excluding tert-OH is 2. The average Bonchev–Trinajstić information content (AvgIpc) is 2.93. The van der Waals surface area contributed by atoms with E-state index < -0.39 is 6.61 Å². The first kappa shape index (κ1) is 18.6. The molecule has 8 atom stereocenters. The lowest BCUT2D eigenvalue weighted by Crippen LogP contribution is -2.64. The van der Waals surface area contributed by atoms with Crippen molar-refractivity contribution in [2.75, 3.05) is 6.61 Å². The minimum atomic E-state index is -0.402. The van der Waals surface area contributed by atoms with Crippen LogP contribution in [0.4, 0.5) is 0 Å². The van der Waals surface area contributed by atoms with Crippen LogP contribution in [0.3, 0.4) is 0 Å². The molecule has 146 valence electrons. The molecule has 0 radical (unpaired) electrons. The molecule has 0 aromatic carbocycles. The summed E-state index contributed by atoms with van der Waals surface area (Å²) in [5, 5.41) is 19.6. The second-order valence-electron chi connectivity index (χ2n) is 10.4. The number of rotatable bonds is 2. The zero-order valence-corrected chi connectivity index (χ0v) is 16.5. The Balaban J connectivity index is 1.73. The number of aliphatic hydroxyl groups is 2. The Hall–Kier alpha value is -0.740. The Morgan fingerprint density at radius 3 is 2.46 bits per heavy atom. The molecule has 0 heterocycles. The number of hydrogen-bond donors (Lipinski definition) is 2. The molecule has 0 aromatic heterocycles. The number of Topliss-reactive ketones (excluding diaryl/α,β-unsaturated/α-hetero) is 2. The summed E-state index contributed by atoms with van der Waals surface area (Å²) >= 11 is 0. The quantitative estimate of drug-likeness (QED) is 0.791. The highest BCUT2D eigenvalue weighted by atomic mass is 16.3. The minimum Gasteiger partial charge on any atom is -0.393 e. The Morgan fingerprint density at radius 2 is 1.77 bits per heavy atom. The normalized spacial score (nSPS) is 53.6. The van der Waals surface area contributed by atoms with Crippen molar-refractivity contribution in [3.05, 3.63) is 0 Å². The SMILES string of the molecule is C[C@]12CC(=O)[C@@]3(C)[C@@H](CC[C@H]4C[C@H](O)CC[C@@]43C)[C@@H]1CC[C@@H]2C(=O)CO. The maximum atomic E-state index is 13.7. The van der Waals surface area contributed by atoms with Crippen LogP contribution >= 0.6 is 0 Å². The van der Waals surface area contributed by atoms with Gasteiger partial charge in [0.25, 0.3) is 0 Å². The predicted octanol–water partition coefficient (Wildman–Crippen LogP) is 3.14. The van der Waals surface area contributed by atoms with Crippen molar-refractivity contribution in [2.24, 2.45) is 39.9 Å². The minimum absolute atomic E-state index is 0.0351. The zero-order valence-electron chi connectivity index (χ0n) is 16.5. The molecule has 4 aliphatic carbocycles. The van der Waals surface area contributed by atoms with Crippen molar-refractivity contribution in [3.63, 3.8) is 0 Å². The van der Waals surface area contributed by atoms with Crippen LogP contribution in [0.5, 0.6) is 0 Å². The van der Waals surface area contributed by atoms with E-state index in [4.69, 9.17) is 0 Å². The summed E-state index contributed by atoms with van der Waals surface area (Å²) < 4.78 is 0. The molecule has 4 rings (SSSR count). The van der Waals surface area contributed by atoms with Gasteiger partial charge in [-0.25, -0.2) is 0 Å². The monoisotopic (exact) mass is 362 g/mol. The van der Waals surface area contributed by atoms with Crippen LogP contribution in [0.25, 0.3) is 0 Å². The third kappa shape index (κ3) is 2.15. The number of hydrogen-bond acceptors (Lipinski definition) is 4. The van der Waals surface area contributed by atoms with Crippen LogP contribution in [0.1, 0.15) is 72.1 Å². The van der Waals surface area contributed by atoms with Crippen LogP contribution < -0.4 is 0 Å². The average molecular weight is 363 g/mol. The van der Waals surface area contributed by atoms with Crippen molar-refractivity contribution in [1.82, 2.24) is 0 Å². The summed E-state index contributed by atoms with van der Waals surface area (Å²) in [6, 6.07) is 0. The molecule has 0 bridgehead atoms. The topological polar surface area (TPSA) is 74.6 Å². The van der Waals surface area contributed by atoms with E-state index in [0.717, 1.165) is 44.9 Å². The Morgan fingerprint density at radius 1 is 1.08 bits per heavy atom. The van der Waals surface area contributed by atoms with Crippen molar-refractivity contribution >= 4 is 11.6 Å². The number of carbonyl (C=O) groups excluding carboxylic acids is 2. The maximum absolute atomic E-state index is 13.7. The highest BCUT2D eigenvalue weighted by Gasteiger charge is 2.69. The third-order valence-corrected chi connectivity index (χ3v) is 9.77. The van der Waals surface area contributed by atoms with Gasteiger partial charge in [-0.3, -0.25) is 9.59 Å². The lowest BCUT2D eigenvalue weighted by Gasteiger charge is -2.65. The van der Waals surface area contributed by atoms with Gasteiger partial charge in [-0.1, -0.05) is 20.8 Å². The van der Waals surface area contributed by atoms with Crippen LogP contribution in [0.2, 0.25) is 0 Å². The summed E-state index contributed by atoms with van der Waals surface area (Å²) in [6.07, 6.45) is 6.78. The van der Waals surface area contributed by atoms with Crippen LogP contribution in [-0.4, -0.2) is 34.5 Å². The van der Waals surface area contributed by atoms with Gasteiger partial charge < -0.3 is 10.2 Å². The van der Waals surface area contributed by atoms with Crippen LogP contribution in [0.15, 0.2) is 0 Å². The molecule has 0 aliphatic heterocycles. The van der Waals surface area contributed by atoms with Gasteiger partial charge in [0, 0.05) is 17.8 Å². The molecule has 0 amide bonds. The molecule has 4 fully saturated rings. The van der Waals surface area contributed by atoms with E-state index in [0.29, 0.717) is 30.0 Å². The van der Waals surface area contributed by atoms with E-state index in [-0.39, 0.29) is 34.1 Å². The number of carbonyl (C=O) groups is 2. The Kier molecular flexibility index (Phi) is 4.21. The van der Waals surface area contributed by atoms with E-state index in [9.17, 15) is 19.8 Å². The lowest BCUT2D eigenvalue weighted by atomic mass is 9.38. The molecular weight excluding hydrogens is 328 g/mol. The first-order chi connectivity index (χ1) is 12.2. The molecule has 4 nitrogen and oxygen atoms in total. The fourth-order valence-electron chi connectivity index (χ4n) is 8.07. The smallest absolute Gasteiger partial charge is 0.161 e. The first-order valence-electron chi connectivity index (χ1n) is 10.5. The predicted molar refractivity (Wildman–Crippen MR) is 98.3 cm³/mol. The molecule has 0 aromatic rings. The largest absolute Gasteiger partial charge is 0.393 e. The summed E-state index contributed by atoms with van der Waals surface area (Å²) in [6.45, 7) is 6.26. The Labute approximate surface area is 156 Å². The van der Waals surface area contributed by atoms with Crippen LogP contribution in [-0.2, 0) is 9.59 Å². The lowest BCUT2D eigenvalue weighted by molar-refractivity contribution is -0.190. The van der Waals surface area contributed by atoms with Crippen molar-refractivity contribution < 1.29 is 19.8 Å². The molecule has 4 saturated carbocycles. The third-order valence-electron chi connectivity index (χ3n) is 9.77. The van der Waals surface area contributed by atoms with E-state index >= 15 is 0 Å². The molecule has 4 aliphatic rings. The van der Waals surface area contributed by atoms with Gasteiger partial charge in [-0.15, -0.1) is 0 Å². The van der Waals surface area contributed by atoms with E-state index in [2.05, 4.69) is 20.8 Å². The first-order valence-corrected chi connectivity index (χ1v) is 10.5. The summed E-state index contributed by atoms with van der Waals surface area (Å²) in [5.41, 5.74) is -0.650. The molecule has 2 N–H and O–H groups in total. The summed E-state index contributed by atoms with van der Waals surface area (Å²) in [7, 11) is 0. The summed E-state index contributed by atoms with van der Waals surface area (Å²) in [4.78, 5) is 26.0. The van der Waals surface area contributed by atoms with Crippen LogP contribution in [0, 0.1) is 39.9 Å². The van der Waals surface area contributed by atoms with Crippen molar-refractivity contribution in [1.29, 1.82) is 0 Å². The maximum Gasteiger partial charge on any atom is 0.161 e. The molecule has 0 spiro atoms. The number of fused-ring (bicyclic) bond motifs is 5. The molecular formula is C22H34O4. The van der Waals surface area contributed by atoms with Gasteiger partial charge in [0.15, 0.2) is 5.78 Å². The Bertz CT molecular complexity index is 630. The standard InChI is InChI=1S/C22H34O4/c1-20-11-19(26)22(3)16(15(20)6-7-17(20)18(25)12-23)5-4-13-10-14(24)8-9-21(13,22)2/h13-17,23-24H,4-12H2,1-3H3/t13-,14+,15-,16-,17+,20-,21-,22+/m0/s1. The zero-order chi connectivity index (χ0) is 18.9. The van der Waals surface area contributed by atoms with E-state index in [1.54, 1.807) is 0 Å². The molecule has 4 heteroatoms. The van der Waals surface area contributed by atoms with E-state index in [1.807, 2.05) is 0 Å². The second kappa shape index (κ2) is 5.88. The second-order valence-corrected chi connectivity index (χ2v) is 10.4. The van der Waals surface area contributed by atoms with Gasteiger partial charge in [0.05, 0.1) is 6.10 Å². The highest BCUT2D eigenvalue weighted by Crippen LogP contribution is 2.71. The van der Waals surface area contributed by atoms with Crippen molar-refractivity contribution in [3.8, 4) is 0 Å². The highest BCUT2D eigenvalue weighted by molar-refractivity contribution is 5.90. The fourth-order valence-corrected chi connectivity index (χ4v) is 8.07. The van der Waals surface area contributed by atoms with Gasteiger partial charge >= 0.3 is 0 Å².